The molecule has 19 heavy (non-hydrogen) atoms. The summed E-state index contributed by atoms with van der Waals surface area (Å²) in [6.45, 7) is 2.59. The molecule has 2 rings (SSSR count). The summed E-state index contributed by atoms with van der Waals surface area (Å²) in [6.07, 6.45) is 1.74. The number of hydrogen-bond donors (Lipinski definition) is 2. The third-order valence-electron chi connectivity index (χ3n) is 2.55. The van der Waals surface area contributed by atoms with Gasteiger partial charge in [0.25, 0.3) is 0 Å². The average Bonchev–Trinajstić information content (AvgIpc) is 2.38. The Hall–Kier alpha value is -1.65. The van der Waals surface area contributed by atoms with Crippen molar-refractivity contribution in [3.8, 4) is 0 Å². The highest BCUT2D eigenvalue weighted by Crippen LogP contribution is 2.14. The first-order chi connectivity index (χ1) is 9.15. The standard InChI is InChI=1S/C14H14ClN3S/c1-10-6-7-16-13(8-10)18-14(19)17-9-11-4-2-3-5-12(11)15/h2-8H,9H2,1H3,(H2,16,17,18,19). The van der Waals surface area contributed by atoms with E-state index in [9.17, 15) is 0 Å². The summed E-state index contributed by atoms with van der Waals surface area (Å²) in [7, 11) is 0. The molecule has 98 valence electrons. The van der Waals surface area contributed by atoms with Crippen LogP contribution in [0.5, 0.6) is 0 Å². The molecule has 0 saturated heterocycles. The van der Waals surface area contributed by atoms with Crippen LogP contribution < -0.4 is 10.6 Å². The normalized spacial score (nSPS) is 10.0. The average molecular weight is 292 g/mol. The molecule has 0 radical (unpaired) electrons. The highest BCUT2D eigenvalue weighted by molar-refractivity contribution is 7.80. The second-order valence-electron chi connectivity index (χ2n) is 4.12. The molecule has 3 nitrogen and oxygen atoms in total. The first kappa shape index (κ1) is 13.8. The predicted octanol–water partition coefficient (Wildman–Crippen LogP) is 3.53. The number of rotatable bonds is 3. The summed E-state index contributed by atoms with van der Waals surface area (Å²) in [6, 6.07) is 11.5. The van der Waals surface area contributed by atoms with Gasteiger partial charge in [-0.3, -0.25) is 0 Å². The van der Waals surface area contributed by atoms with Gasteiger partial charge >= 0.3 is 0 Å². The molecule has 0 fully saturated rings. The minimum atomic E-state index is 0.526. The fraction of sp³-hybridized carbons (Fsp3) is 0.143. The van der Waals surface area contributed by atoms with Gasteiger partial charge in [0.2, 0.25) is 0 Å². The van der Waals surface area contributed by atoms with Gasteiger partial charge in [-0.2, -0.15) is 0 Å². The SMILES string of the molecule is Cc1ccnc(NC(=S)NCc2ccccc2Cl)c1. The van der Waals surface area contributed by atoms with E-state index in [0.717, 1.165) is 22.0 Å². The third kappa shape index (κ3) is 4.19. The minimum absolute atomic E-state index is 0.526. The summed E-state index contributed by atoms with van der Waals surface area (Å²) in [4.78, 5) is 4.19. The lowest BCUT2D eigenvalue weighted by atomic mass is 10.2. The van der Waals surface area contributed by atoms with Crippen LogP contribution in [0.1, 0.15) is 11.1 Å². The first-order valence-corrected chi connectivity index (χ1v) is 6.64. The Morgan fingerprint density at radius 3 is 2.84 bits per heavy atom. The Labute approximate surface area is 123 Å². The monoisotopic (exact) mass is 291 g/mol. The molecular formula is C14H14ClN3S. The van der Waals surface area contributed by atoms with E-state index < -0.39 is 0 Å². The van der Waals surface area contributed by atoms with Crippen molar-refractivity contribution >= 4 is 34.7 Å². The molecule has 2 N–H and O–H groups in total. The van der Waals surface area contributed by atoms with E-state index in [4.69, 9.17) is 23.8 Å². The number of halogens is 1. The number of nitrogens with zero attached hydrogens (tertiary/aromatic N) is 1. The van der Waals surface area contributed by atoms with E-state index in [-0.39, 0.29) is 0 Å². The van der Waals surface area contributed by atoms with Crippen molar-refractivity contribution in [3.05, 3.63) is 58.7 Å². The maximum absolute atomic E-state index is 6.07. The molecule has 5 heteroatoms. The highest BCUT2D eigenvalue weighted by Gasteiger charge is 2.01. The molecule has 0 bridgehead atoms. The summed E-state index contributed by atoms with van der Waals surface area (Å²) < 4.78 is 0. The van der Waals surface area contributed by atoms with Gasteiger partial charge in [0.15, 0.2) is 5.11 Å². The maximum atomic E-state index is 6.07. The topological polar surface area (TPSA) is 37.0 Å². The molecule has 2 aromatic rings. The maximum Gasteiger partial charge on any atom is 0.172 e. The Balaban J connectivity index is 1.90. The van der Waals surface area contributed by atoms with Crippen LogP contribution in [0.4, 0.5) is 5.82 Å². The van der Waals surface area contributed by atoms with Crippen LogP contribution >= 0.6 is 23.8 Å². The number of hydrogen-bond acceptors (Lipinski definition) is 2. The van der Waals surface area contributed by atoms with Crippen LogP contribution in [0.25, 0.3) is 0 Å². The molecule has 0 atom stereocenters. The van der Waals surface area contributed by atoms with Crippen molar-refractivity contribution in [3.63, 3.8) is 0 Å². The summed E-state index contributed by atoms with van der Waals surface area (Å²) in [5.74, 6) is 0.733. The first-order valence-electron chi connectivity index (χ1n) is 5.86. The third-order valence-corrected chi connectivity index (χ3v) is 3.17. The fourth-order valence-electron chi connectivity index (χ4n) is 1.58. The number of anilines is 1. The van der Waals surface area contributed by atoms with Gasteiger partial charge in [-0.05, 0) is 48.5 Å². The number of benzene rings is 1. The molecule has 0 saturated carbocycles. The minimum Gasteiger partial charge on any atom is -0.358 e. The lowest BCUT2D eigenvalue weighted by Crippen LogP contribution is -2.28. The van der Waals surface area contributed by atoms with Crippen molar-refractivity contribution in [1.82, 2.24) is 10.3 Å². The van der Waals surface area contributed by atoms with Crippen LogP contribution in [0, 0.1) is 6.92 Å². The Bertz CT molecular complexity index is 586. The van der Waals surface area contributed by atoms with E-state index in [2.05, 4.69) is 15.6 Å². The largest absolute Gasteiger partial charge is 0.358 e. The Kier molecular flexibility index (Phi) is 4.71. The van der Waals surface area contributed by atoms with Gasteiger partial charge in [-0.1, -0.05) is 29.8 Å². The van der Waals surface area contributed by atoms with Crippen LogP contribution in [0.3, 0.4) is 0 Å². The van der Waals surface area contributed by atoms with Gasteiger partial charge in [0, 0.05) is 17.8 Å². The second-order valence-corrected chi connectivity index (χ2v) is 4.93. The van der Waals surface area contributed by atoms with Crippen molar-refractivity contribution in [2.45, 2.75) is 13.5 Å². The van der Waals surface area contributed by atoms with Gasteiger partial charge in [-0.15, -0.1) is 0 Å². The quantitative estimate of drug-likeness (QED) is 0.848. The molecule has 0 amide bonds. The molecule has 0 aliphatic carbocycles. The number of thiocarbonyl (C=S) groups is 1. The molecule has 0 aliphatic rings. The molecule has 1 aromatic heterocycles. The number of pyridine rings is 1. The van der Waals surface area contributed by atoms with Crippen molar-refractivity contribution in [2.75, 3.05) is 5.32 Å². The van der Waals surface area contributed by atoms with Gasteiger partial charge in [0.1, 0.15) is 5.82 Å². The van der Waals surface area contributed by atoms with Crippen molar-refractivity contribution < 1.29 is 0 Å². The Morgan fingerprint density at radius 1 is 1.32 bits per heavy atom. The van der Waals surface area contributed by atoms with Gasteiger partial charge in [0.05, 0.1) is 0 Å². The van der Waals surface area contributed by atoms with E-state index >= 15 is 0 Å². The van der Waals surface area contributed by atoms with Gasteiger partial charge in [-0.25, -0.2) is 4.98 Å². The van der Waals surface area contributed by atoms with E-state index in [1.54, 1.807) is 6.20 Å². The van der Waals surface area contributed by atoms with Gasteiger partial charge < -0.3 is 10.6 Å². The lowest BCUT2D eigenvalue weighted by Gasteiger charge is -2.11. The fourth-order valence-corrected chi connectivity index (χ4v) is 1.96. The summed E-state index contributed by atoms with van der Waals surface area (Å²) in [5, 5.41) is 7.40. The summed E-state index contributed by atoms with van der Waals surface area (Å²) in [5.41, 5.74) is 2.14. The predicted molar refractivity (Wildman–Crippen MR) is 83.5 cm³/mol. The highest BCUT2D eigenvalue weighted by atomic mass is 35.5. The second kappa shape index (κ2) is 6.50. The zero-order chi connectivity index (χ0) is 13.7. The van der Waals surface area contributed by atoms with Crippen LogP contribution in [-0.2, 0) is 6.54 Å². The number of aromatic nitrogens is 1. The van der Waals surface area contributed by atoms with Crippen LogP contribution in [0.15, 0.2) is 42.6 Å². The molecular weight excluding hydrogens is 278 g/mol. The lowest BCUT2D eigenvalue weighted by molar-refractivity contribution is 0.925. The van der Waals surface area contributed by atoms with Crippen molar-refractivity contribution in [2.24, 2.45) is 0 Å². The molecule has 1 heterocycles. The van der Waals surface area contributed by atoms with Crippen LogP contribution in [-0.4, -0.2) is 10.1 Å². The smallest absolute Gasteiger partial charge is 0.172 e. The van der Waals surface area contributed by atoms with E-state index in [0.29, 0.717) is 11.7 Å². The van der Waals surface area contributed by atoms with E-state index in [1.165, 1.54) is 0 Å². The molecule has 0 aliphatic heterocycles. The molecule has 0 spiro atoms. The number of nitrogens with one attached hydrogen (secondary N) is 2. The Morgan fingerprint density at radius 2 is 2.11 bits per heavy atom. The van der Waals surface area contributed by atoms with Crippen LogP contribution in [0.2, 0.25) is 5.02 Å². The molecule has 0 unspecified atom stereocenters. The zero-order valence-electron chi connectivity index (χ0n) is 10.5. The summed E-state index contributed by atoms with van der Waals surface area (Å²) >= 11 is 11.3. The zero-order valence-corrected chi connectivity index (χ0v) is 12.1. The van der Waals surface area contributed by atoms with Crippen molar-refractivity contribution in [1.29, 1.82) is 0 Å². The number of aryl methyl sites for hydroxylation is 1. The molecule has 1 aromatic carbocycles. The van der Waals surface area contributed by atoms with E-state index in [1.807, 2.05) is 43.3 Å².